The van der Waals surface area contributed by atoms with Gasteiger partial charge in [-0.1, -0.05) is 11.6 Å². The number of carbonyl (C=O) groups is 1. The Morgan fingerprint density at radius 3 is 2.82 bits per heavy atom. The van der Waals surface area contributed by atoms with Gasteiger partial charge in [-0.3, -0.25) is 4.79 Å². The summed E-state index contributed by atoms with van der Waals surface area (Å²) in [6, 6.07) is 6.49. The molecule has 1 N–H and O–H groups in total. The number of hydrogen-bond donors (Lipinski definition) is 1. The molecular formula is C12H14ClNO3. The normalized spacial score (nSPS) is 20.4. The predicted octanol–water partition coefficient (Wildman–Crippen LogP) is 1.17. The van der Waals surface area contributed by atoms with E-state index in [1.807, 2.05) is 0 Å². The number of aliphatic hydroxyl groups excluding tert-OH is 1. The van der Waals surface area contributed by atoms with E-state index < -0.39 is 0 Å². The van der Waals surface area contributed by atoms with Gasteiger partial charge in [0.1, 0.15) is 0 Å². The minimum atomic E-state index is -0.257. The Balaban J connectivity index is 2.15. The summed E-state index contributed by atoms with van der Waals surface area (Å²) in [7, 11) is 0. The van der Waals surface area contributed by atoms with Gasteiger partial charge < -0.3 is 14.7 Å². The van der Waals surface area contributed by atoms with Crippen LogP contribution in [0.1, 0.15) is 10.4 Å². The van der Waals surface area contributed by atoms with Crippen molar-refractivity contribution in [3.8, 4) is 0 Å². The molecule has 92 valence electrons. The second-order valence-electron chi connectivity index (χ2n) is 3.92. The Morgan fingerprint density at radius 2 is 2.18 bits per heavy atom. The minimum Gasteiger partial charge on any atom is -0.394 e. The van der Waals surface area contributed by atoms with Crippen molar-refractivity contribution < 1.29 is 14.6 Å². The topological polar surface area (TPSA) is 49.8 Å². The SMILES string of the molecule is O=C(c1ccc(Cl)cc1)N1CCOC[C@H]1CO. The van der Waals surface area contributed by atoms with Gasteiger partial charge in [0.2, 0.25) is 0 Å². The third-order valence-electron chi connectivity index (χ3n) is 2.79. The summed E-state index contributed by atoms with van der Waals surface area (Å²) in [4.78, 5) is 13.8. The van der Waals surface area contributed by atoms with Crippen molar-refractivity contribution in [2.75, 3.05) is 26.4 Å². The first-order chi connectivity index (χ1) is 8.22. The molecule has 1 aromatic carbocycles. The molecule has 0 radical (unpaired) electrons. The molecule has 2 rings (SSSR count). The lowest BCUT2D eigenvalue weighted by Gasteiger charge is -2.34. The number of hydrogen-bond acceptors (Lipinski definition) is 3. The average molecular weight is 256 g/mol. The fourth-order valence-electron chi connectivity index (χ4n) is 1.83. The van der Waals surface area contributed by atoms with Gasteiger partial charge >= 0.3 is 0 Å². The highest BCUT2D eigenvalue weighted by Gasteiger charge is 2.27. The number of halogens is 1. The molecule has 0 aliphatic carbocycles. The van der Waals surface area contributed by atoms with E-state index in [9.17, 15) is 9.90 Å². The first kappa shape index (κ1) is 12.4. The Bertz CT molecular complexity index is 393. The summed E-state index contributed by atoms with van der Waals surface area (Å²) in [5.74, 6) is -0.0935. The molecule has 5 heteroatoms. The second-order valence-corrected chi connectivity index (χ2v) is 4.35. The number of benzene rings is 1. The maximum absolute atomic E-state index is 12.2. The molecule has 0 spiro atoms. The summed E-state index contributed by atoms with van der Waals surface area (Å²) in [5, 5.41) is 9.81. The molecule has 4 nitrogen and oxygen atoms in total. The number of morpholine rings is 1. The molecule has 1 atom stereocenters. The fraction of sp³-hybridized carbons (Fsp3) is 0.417. The molecule has 0 bridgehead atoms. The highest BCUT2D eigenvalue weighted by Crippen LogP contribution is 2.15. The molecule has 1 amide bonds. The molecule has 17 heavy (non-hydrogen) atoms. The average Bonchev–Trinajstić information content (AvgIpc) is 2.39. The number of carbonyl (C=O) groups excluding carboxylic acids is 1. The molecule has 1 aliphatic heterocycles. The summed E-state index contributed by atoms with van der Waals surface area (Å²) in [6.07, 6.45) is 0. The van der Waals surface area contributed by atoms with E-state index >= 15 is 0 Å². The van der Waals surface area contributed by atoms with Gasteiger partial charge in [-0.15, -0.1) is 0 Å². The number of aliphatic hydroxyl groups is 1. The monoisotopic (exact) mass is 255 g/mol. The van der Waals surface area contributed by atoms with Crippen molar-refractivity contribution in [2.45, 2.75) is 6.04 Å². The van der Waals surface area contributed by atoms with Crippen molar-refractivity contribution >= 4 is 17.5 Å². The number of nitrogens with zero attached hydrogens (tertiary/aromatic N) is 1. The van der Waals surface area contributed by atoms with Crippen LogP contribution in [0.4, 0.5) is 0 Å². The quantitative estimate of drug-likeness (QED) is 0.863. The molecule has 1 heterocycles. The Kier molecular flexibility index (Phi) is 3.99. The predicted molar refractivity (Wildman–Crippen MR) is 64.2 cm³/mol. The first-order valence-electron chi connectivity index (χ1n) is 5.47. The van der Waals surface area contributed by atoms with Crippen molar-refractivity contribution in [2.24, 2.45) is 0 Å². The van der Waals surface area contributed by atoms with E-state index in [1.165, 1.54) is 0 Å². The highest BCUT2D eigenvalue weighted by atomic mass is 35.5. The molecule has 1 saturated heterocycles. The first-order valence-corrected chi connectivity index (χ1v) is 5.85. The summed E-state index contributed by atoms with van der Waals surface area (Å²) in [5.41, 5.74) is 0.578. The molecule has 1 fully saturated rings. The third-order valence-corrected chi connectivity index (χ3v) is 3.04. The van der Waals surface area contributed by atoms with Gasteiger partial charge in [0.05, 0.1) is 25.9 Å². The number of ether oxygens (including phenoxy) is 1. The van der Waals surface area contributed by atoms with Gasteiger partial charge in [0, 0.05) is 17.1 Å². The Hall–Kier alpha value is -1.10. The van der Waals surface area contributed by atoms with Crippen LogP contribution in [0.15, 0.2) is 24.3 Å². The van der Waals surface area contributed by atoms with E-state index in [2.05, 4.69) is 0 Å². The van der Waals surface area contributed by atoms with E-state index in [1.54, 1.807) is 29.2 Å². The maximum Gasteiger partial charge on any atom is 0.254 e. The van der Waals surface area contributed by atoms with Crippen molar-refractivity contribution in [1.82, 2.24) is 4.90 Å². The lowest BCUT2D eigenvalue weighted by atomic mass is 10.1. The van der Waals surface area contributed by atoms with Crippen LogP contribution in [0.2, 0.25) is 5.02 Å². The van der Waals surface area contributed by atoms with E-state index in [0.29, 0.717) is 30.3 Å². The second kappa shape index (κ2) is 5.49. The summed E-state index contributed by atoms with van der Waals surface area (Å²) in [6.45, 7) is 1.32. The van der Waals surface area contributed by atoms with Gasteiger partial charge in [0.25, 0.3) is 5.91 Å². The zero-order valence-electron chi connectivity index (χ0n) is 9.30. The van der Waals surface area contributed by atoms with Crippen molar-refractivity contribution in [1.29, 1.82) is 0 Å². The Morgan fingerprint density at radius 1 is 1.47 bits per heavy atom. The molecule has 1 aromatic rings. The number of amides is 1. The smallest absolute Gasteiger partial charge is 0.254 e. The fourth-order valence-corrected chi connectivity index (χ4v) is 1.96. The zero-order chi connectivity index (χ0) is 12.3. The van der Waals surface area contributed by atoms with Crippen molar-refractivity contribution in [3.05, 3.63) is 34.9 Å². The van der Waals surface area contributed by atoms with Gasteiger partial charge in [-0.2, -0.15) is 0 Å². The van der Waals surface area contributed by atoms with E-state index in [0.717, 1.165) is 0 Å². The third kappa shape index (κ3) is 2.77. The summed E-state index contributed by atoms with van der Waals surface area (Å²) >= 11 is 5.77. The van der Waals surface area contributed by atoms with Crippen LogP contribution in [-0.4, -0.2) is 48.3 Å². The van der Waals surface area contributed by atoms with Gasteiger partial charge in [0.15, 0.2) is 0 Å². The molecule has 0 aromatic heterocycles. The lowest BCUT2D eigenvalue weighted by Crippen LogP contribution is -2.50. The van der Waals surface area contributed by atoms with Crippen LogP contribution in [0.5, 0.6) is 0 Å². The molecular weight excluding hydrogens is 242 g/mol. The lowest BCUT2D eigenvalue weighted by molar-refractivity contribution is -0.0183. The van der Waals surface area contributed by atoms with Crippen LogP contribution in [0.3, 0.4) is 0 Å². The van der Waals surface area contributed by atoms with E-state index in [-0.39, 0.29) is 18.6 Å². The van der Waals surface area contributed by atoms with Crippen LogP contribution < -0.4 is 0 Å². The standard InChI is InChI=1S/C12H14ClNO3/c13-10-3-1-9(2-4-10)12(16)14-5-6-17-8-11(14)7-15/h1-4,11,15H,5-8H2/t11-/m1/s1. The zero-order valence-corrected chi connectivity index (χ0v) is 10.1. The van der Waals surface area contributed by atoms with Crippen LogP contribution >= 0.6 is 11.6 Å². The Labute approximate surface area is 105 Å². The van der Waals surface area contributed by atoms with Crippen LogP contribution in [0.25, 0.3) is 0 Å². The molecule has 1 aliphatic rings. The molecule has 0 unspecified atom stereocenters. The maximum atomic E-state index is 12.2. The van der Waals surface area contributed by atoms with Crippen LogP contribution in [-0.2, 0) is 4.74 Å². The van der Waals surface area contributed by atoms with Crippen molar-refractivity contribution in [3.63, 3.8) is 0 Å². The largest absolute Gasteiger partial charge is 0.394 e. The van der Waals surface area contributed by atoms with Gasteiger partial charge in [-0.05, 0) is 24.3 Å². The highest BCUT2D eigenvalue weighted by molar-refractivity contribution is 6.30. The van der Waals surface area contributed by atoms with Crippen LogP contribution in [0, 0.1) is 0 Å². The minimum absolute atomic E-state index is 0.0840. The summed E-state index contributed by atoms with van der Waals surface area (Å²) < 4.78 is 5.23. The van der Waals surface area contributed by atoms with Gasteiger partial charge in [-0.25, -0.2) is 0 Å². The molecule has 0 saturated carbocycles. The van der Waals surface area contributed by atoms with E-state index in [4.69, 9.17) is 16.3 Å². The number of rotatable bonds is 2.